The Morgan fingerprint density at radius 2 is 1.96 bits per heavy atom. The van der Waals surface area contributed by atoms with Crippen molar-refractivity contribution in [1.82, 2.24) is 0 Å². The second kappa shape index (κ2) is 5.60. The zero-order chi connectivity index (χ0) is 16.8. The maximum absolute atomic E-state index is 13.9. The predicted molar refractivity (Wildman–Crippen MR) is 76.7 cm³/mol. The summed E-state index contributed by atoms with van der Waals surface area (Å²) in [6, 6.07) is 5.87. The van der Waals surface area contributed by atoms with Crippen LogP contribution in [0.4, 0.5) is 17.6 Å². The van der Waals surface area contributed by atoms with Gasteiger partial charge in [0.1, 0.15) is 17.6 Å². The van der Waals surface area contributed by atoms with Gasteiger partial charge in [-0.2, -0.15) is 13.2 Å². The third-order valence-corrected chi connectivity index (χ3v) is 3.69. The second-order valence-electron chi connectivity index (χ2n) is 5.27. The Kier molecular flexibility index (Phi) is 3.88. The molecule has 1 atom stereocenters. The molecular weight excluding hydrogens is 336 g/mol. The van der Waals surface area contributed by atoms with Crippen LogP contribution in [0.5, 0.6) is 17.2 Å². The van der Waals surface area contributed by atoms with Gasteiger partial charge in [-0.25, -0.2) is 4.39 Å². The molecular formula is C16H11ClF4O2. The summed E-state index contributed by atoms with van der Waals surface area (Å²) in [4.78, 5) is 0. The molecule has 0 N–H and O–H groups in total. The molecule has 0 fully saturated rings. The lowest BCUT2D eigenvalue weighted by Gasteiger charge is -2.13. The number of rotatable bonds is 2. The molecule has 1 unspecified atom stereocenters. The highest BCUT2D eigenvalue weighted by Crippen LogP contribution is 2.40. The minimum Gasteiger partial charge on any atom is -0.490 e. The minimum absolute atomic E-state index is 0.0339. The number of ether oxygens (including phenoxy) is 2. The number of benzene rings is 2. The summed E-state index contributed by atoms with van der Waals surface area (Å²) in [5.41, 5.74) is -0.276. The van der Waals surface area contributed by atoms with Crippen molar-refractivity contribution < 1.29 is 27.0 Å². The fraction of sp³-hybridized carbons (Fsp3) is 0.250. The first-order chi connectivity index (χ1) is 10.7. The normalized spacial score (nSPS) is 16.9. The molecule has 0 aliphatic carbocycles. The van der Waals surface area contributed by atoms with E-state index in [1.165, 1.54) is 0 Å². The molecule has 1 aliphatic heterocycles. The Morgan fingerprint density at radius 3 is 2.61 bits per heavy atom. The van der Waals surface area contributed by atoms with E-state index in [1.807, 2.05) is 6.92 Å². The molecule has 0 radical (unpaired) electrons. The molecule has 0 saturated carbocycles. The molecule has 23 heavy (non-hydrogen) atoms. The number of hydrogen-bond donors (Lipinski definition) is 0. The van der Waals surface area contributed by atoms with E-state index >= 15 is 0 Å². The monoisotopic (exact) mass is 346 g/mol. The number of halogens is 5. The molecule has 0 aromatic heterocycles. The first kappa shape index (κ1) is 15.9. The minimum atomic E-state index is -4.68. The van der Waals surface area contributed by atoms with E-state index < -0.39 is 28.3 Å². The zero-order valence-electron chi connectivity index (χ0n) is 11.9. The van der Waals surface area contributed by atoms with Crippen LogP contribution in [0.2, 0.25) is 5.02 Å². The maximum atomic E-state index is 13.9. The Morgan fingerprint density at radius 1 is 1.22 bits per heavy atom. The summed E-state index contributed by atoms with van der Waals surface area (Å²) < 4.78 is 62.6. The number of fused-ring (bicyclic) bond motifs is 1. The van der Waals surface area contributed by atoms with Gasteiger partial charge >= 0.3 is 6.18 Å². The molecule has 2 nitrogen and oxygen atoms in total. The Balaban J connectivity index is 1.91. The van der Waals surface area contributed by atoms with Gasteiger partial charge in [0.2, 0.25) is 0 Å². The van der Waals surface area contributed by atoms with E-state index in [0.29, 0.717) is 24.3 Å². The lowest BCUT2D eigenvalue weighted by molar-refractivity contribution is -0.137. The van der Waals surface area contributed by atoms with E-state index in [-0.39, 0.29) is 11.9 Å². The van der Waals surface area contributed by atoms with E-state index in [2.05, 4.69) is 0 Å². The first-order valence-corrected chi connectivity index (χ1v) is 7.15. The lowest BCUT2D eigenvalue weighted by Crippen LogP contribution is -2.06. The third kappa shape index (κ3) is 3.22. The van der Waals surface area contributed by atoms with Gasteiger partial charge in [0.25, 0.3) is 0 Å². The molecule has 3 rings (SSSR count). The highest BCUT2D eigenvalue weighted by atomic mass is 35.5. The standard InChI is InChI=1S/C16H11ClF4O2/c1-8-4-9-5-11(2-3-14(9)22-8)23-15-12(17)6-10(7-13(15)18)16(19,20)21/h2-3,5-8H,4H2,1H3. The molecule has 0 amide bonds. The molecule has 1 heterocycles. The smallest absolute Gasteiger partial charge is 0.416 e. The molecule has 7 heteroatoms. The number of hydrogen-bond acceptors (Lipinski definition) is 2. The van der Waals surface area contributed by atoms with Gasteiger partial charge in [-0.1, -0.05) is 11.6 Å². The van der Waals surface area contributed by atoms with E-state index in [1.54, 1.807) is 18.2 Å². The van der Waals surface area contributed by atoms with Crippen LogP contribution in [0.1, 0.15) is 18.1 Å². The second-order valence-corrected chi connectivity index (χ2v) is 5.68. The van der Waals surface area contributed by atoms with Gasteiger partial charge in [0, 0.05) is 12.0 Å². The molecule has 122 valence electrons. The van der Waals surface area contributed by atoms with Crippen molar-refractivity contribution >= 4 is 11.6 Å². The van der Waals surface area contributed by atoms with Crippen LogP contribution in [-0.2, 0) is 12.6 Å². The van der Waals surface area contributed by atoms with Crippen LogP contribution in [0.25, 0.3) is 0 Å². The van der Waals surface area contributed by atoms with Crippen LogP contribution >= 0.6 is 11.6 Å². The highest BCUT2D eigenvalue weighted by molar-refractivity contribution is 6.32. The van der Waals surface area contributed by atoms with Crippen LogP contribution < -0.4 is 9.47 Å². The predicted octanol–water partition coefficient (Wildman–Crippen LogP) is 5.61. The van der Waals surface area contributed by atoms with E-state index in [4.69, 9.17) is 21.1 Å². The summed E-state index contributed by atoms with van der Waals surface area (Å²) >= 11 is 5.74. The summed E-state index contributed by atoms with van der Waals surface area (Å²) in [7, 11) is 0. The van der Waals surface area contributed by atoms with Crippen molar-refractivity contribution in [3.8, 4) is 17.2 Å². The van der Waals surface area contributed by atoms with Gasteiger partial charge in [-0.3, -0.25) is 0 Å². The zero-order valence-corrected chi connectivity index (χ0v) is 12.6. The van der Waals surface area contributed by atoms with Crippen LogP contribution in [0.3, 0.4) is 0 Å². The largest absolute Gasteiger partial charge is 0.490 e. The van der Waals surface area contributed by atoms with Gasteiger partial charge in [0.15, 0.2) is 11.6 Å². The fourth-order valence-corrected chi connectivity index (χ4v) is 2.65. The summed E-state index contributed by atoms with van der Waals surface area (Å²) in [6.07, 6.45) is -3.97. The quantitative estimate of drug-likeness (QED) is 0.658. The van der Waals surface area contributed by atoms with E-state index in [9.17, 15) is 17.6 Å². The van der Waals surface area contributed by atoms with Gasteiger partial charge < -0.3 is 9.47 Å². The molecule has 0 bridgehead atoms. The number of alkyl halides is 3. The molecule has 0 spiro atoms. The average Bonchev–Trinajstić information content (AvgIpc) is 2.80. The van der Waals surface area contributed by atoms with Crippen molar-refractivity contribution in [2.45, 2.75) is 25.6 Å². The molecule has 1 aliphatic rings. The molecule has 2 aromatic rings. The highest BCUT2D eigenvalue weighted by Gasteiger charge is 2.32. The SMILES string of the molecule is CC1Cc2cc(Oc3c(F)cc(C(F)(F)F)cc3Cl)ccc2O1. The van der Waals surface area contributed by atoms with E-state index in [0.717, 1.165) is 5.56 Å². The summed E-state index contributed by atoms with van der Waals surface area (Å²) in [5.74, 6) is -0.618. The van der Waals surface area contributed by atoms with Crippen molar-refractivity contribution in [2.24, 2.45) is 0 Å². The van der Waals surface area contributed by atoms with Crippen LogP contribution in [-0.4, -0.2) is 6.10 Å². The Hall–Kier alpha value is -1.95. The summed E-state index contributed by atoms with van der Waals surface area (Å²) in [6.45, 7) is 1.91. The van der Waals surface area contributed by atoms with Crippen LogP contribution in [0.15, 0.2) is 30.3 Å². The van der Waals surface area contributed by atoms with Crippen molar-refractivity contribution in [3.63, 3.8) is 0 Å². The van der Waals surface area contributed by atoms with Crippen molar-refractivity contribution in [3.05, 3.63) is 52.3 Å². The van der Waals surface area contributed by atoms with Crippen LogP contribution in [0, 0.1) is 5.82 Å². The summed E-state index contributed by atoms with van der Waals surface area (Å²) in [5, 5.41) is -0.442. The average molecular weight is 347 g/mol. The fourth-order valence-electron chi connectivity index (χ4n) is 2.40. The maximum Gasteiger partial charge on any atom is 0.416 e. The Labute approximate surface area is 134 Å². The molecule has 2 aromatic carbocycles. The Bertz CT molecular complexity index is 735. The molecule has 0 saturated heterocycles. The van der Waals surface area contributed by atoms with Gasteiger partial charge in [0.05, 0.1) is 10.6 Å². The first-order valence-electron chi connectivity index (χ1n) is 6.77. The third-order valence-electron chi connectivity index (χ3n) is 3.41. The van der Waals surface area contributed by atoms with Gasteiger partial charge in [-0.05, 0) is 37.3 Å². The topological polar surface area (TPSA) is 18.5 Å². The van der Waals surface area contributed by atoms with Crippen molar-refractivity contribution in [1.29, 1.82) is 0 Å². The lowest BCUT2D eigenvalue weighted by atomic mass is 10.1. The van der Waals surface area contributed by atoms with Crippen molar-refractivity contribution in [2.75, 3.05) is 0 Å². The van der Waals surface area contributed by atoms with Gasteiger partial charge in [-0.15, -0.1) is 0 Å².